The lowest BCUT2D eigenvalue weighted by Gasteiger charge is -2.38. The summed E-state index contributed by atoms with van der Waals surface area (Å²) in [6.07, 6.45) is -0.204. The van der Waals surface area contributed by atoms with Gasteiger partial charge in [0, 0.05) is 18.7 Å². The van der Waals surface area contributed by atoms with E-state index in [1.54, 1.807) is 31.2 Å². The maximum Gasteiger partial charge on any atom is 0.243 e. The zero-order chi connectivity index (χ0) is 17.3. The van der Waals surface area contributed by atoms with Gasteiger partial charge in [-0.1, -0.05) is 30.3 Å². The van der Waals surface area contributed by atoms with Crippen molar-refractivity contribution >= 4 is 10.0 Å². The Bertz CT molecular complexity index is 845. The largest absolute Gasteiger partial charge is 0.371 e. The molecule has 0 aliphatic carbocycles. The van der Waals surface area contributed by atoms with Crippen LogP contribution in [-0.2, 0) is 21.4 Å². The van der Waals surface area contributed by atoms with Gasteiger partial charge in [-0.25, -0.2) is 12.8 Å². The second kappa shape index (κ2) is 6.63. The molecule has 2 aromatic rings. The monoisotopic (exact) mass is 349 g/mol. The van der Waals surface area contributed by atoms with Crippen LogP contribution >= 0.6 is 0 Å². The van der Waals surface area contributed by atoms with Crippen LogP contribution in [0.5, 0.6) is 0 Å². The summed E-state index contributed by atoms with van der Waals surface area (Å²) >= 11 is 0. The first-order valence-electron chi connectivity index (χ1n) is 7.80. The number of aryl methyl sites for hydroxylation is 2. The van der Waals surface area contributed by atoms with Crippen molar-refractivity contribution in [3.63, 3.8) is 0 Å². The highest BCUT2D eigenvalue weighted by molar-refractivity contribution is 7.89. The molecule has 1 saturated heterocycles. The number of benzene rings is 2. The molecule has 0 spiro atoms. The smallest absolute Gasteiger partial charge is 0.243 e. The Morgan fingerprint density at radius 1 is 1.17 bits per heavy atom. The third-order valence-electron chi connectivity index (χ3n) is 4.21. The summed E-state index contributed by atoms with van der Waals surface area (Å²) in [4.78, 5) is 0.343. The molecule has 0 saturated carbocycles. The van der Waals surface area contributed by atoms with E-state index < -0.39 is 10.0 Å². The Morgan fingerprint density at radius 3 is 2.58 bits per heavy atom. The highest BCUT2D eigenvalue weighted by Gasteiger charge is 2.38. The standard InChI is InChI=1S/C18H20FNO3S/c1-13-7-8-14(2)18(9-13)24(21,22)20-10-16(11-20)23-12-15-5-3-4-6-17(15)19/h3-9,16H,10-12H2,1-2H3. The van der Waals surface area contributed by atoms with E-state index in [2.05, 4.69) is 0 Å². The quantitative estimate of drug-likeness (QED) is 0.834. The molecule has 2 aromatic carbocycles. The molecule has 0 atom stereocenters. The minimum atomic E-state index is -3.50. The lowest BCUT2D eigenvalue weighted by atomic mass is 10.2. The van der Waals surface area contributed by atoms with E-state index in [-0.39, 0.29) is 18.5 Å². The second-order valence-electron chi connectivity index (χ2n) is 6.12. The van der Waals surface area contributed by atoms with E-state index in [9.17, 15) is 12.8 Å². The first-order valence-corrected chi connectivity index (χ1v) is 9.24. The van der Waals surface area contributed by atoms with Gasteiger partial charge in [0.1, 0.15) is 5.82 Å². The predicted molar refractivity (Wildman–Crippen MR) is 89.7 cm³/mol. The Labute approximate surface area is 141 Å². The molecule has 6 heteroatoms. The van der Waals surface area contributed by atoms with Gasteiger partial charge in [0.2, 0.25) is 10.0 Å². The van der Waals surface area contributed by atoms with Gasteiger partial charge < -0.3 is 4.74 Å². The van der Waals surface area contributed by atoms with Crippen LogP contribution in [0.3, 0.4) is 0 Å². The molecule has 24 heavy (non-hydrogen) atoms. The van der Waals surface area contributed by atoms with Crippen molar-refractivity contribution in [2.75, 3.05) is 13.1 Å². The minimum absolute atomic E-state index is 0.148. The zero-order valence-electron chi connectivity index (χ0n) is 13.7. The van der Waals surface area contributed by atoms with E-state index >= 15 is 0 Å². The molecule has 1 fully saturated rings. The van der Waals surface area contributed by atoms with Crippen LogP contribution in [0.25, 0.3) is 0 Å². The number of halogens is 1. The first kappa shape index (κ1) is 17.1. The van der Waals surface area contributed by atoms with Crippen molar-refractivity contribution in [1.82, 2.24) is 4.31 Å². The van der Waals surface area contributed by atoms with Crippen LogP contribution in [0.15, 0.2) is 47.4 Å². The van der Waals surface area contributed by atoms with Crippen molar-refractivity contribution in [2.45, 2.75) is 31.5 Å². The Balaban J connectivity index is 1.62. The van der Waals surface area contributed by atoms with Gasteiger partial charge in [-0.3, -0.25) is 0 Å². The molecule has 1 aliphatic heterocycles. The summed E-state index contributed by atoms with van der Waals surface area (Å²) in [7, 11) is -3.50. The number of nitrogens with zero attached hydrogens (tertiary/aromatic N) is 1. The first-order chi connectivity index (χ1) is 11.4. The second-order valence-corrected chi connectivity index (χ2v) is 8.02. The molecular weight excluding hydrogens is 329 g/mol. The Hall–Kier alpha value is -1.76. The molecule has 0 radical (unpaired) electrons. The van der Waals surface area contributed by atoms with E-state index in [1.165, 1.54) is 10.4 Å². The third kappa shape index (κ3) is 3.36. The van der Waals surface area contributed by atoms with E-state index in [1.807, 2.05) is 19.1 Å². The van der Waals surface area contributed by atoms with Crippen molar-refractivity contribution in [3.05, 3.63) is 65.0 Å². The highest BCUT2D eigenvalue weighted by Crippen LogP contribution is 2.26. The van der Waals surface area contributed by atoms with E-state index in [4.69, 9.17) is 4.74 Å². The van der Waals surface area contributed by atoms with Crippen molar-refractivity contribution in [3.8, 4) is 0 Å². The van der Waals surface area contributed by atoms with E-state index in [0.29, 0.717) is 23.5 Å². The lowest BCUT2D eigenvalue weighted by Crippen LogP contribution is -2.54. The summed E-state index contributed by atoms with van der Waals surface area (Å²) in [5.41, 5.74) is 2.12. The van der Waals surface area contributed by atoms with Gasteiger partial charge in [0.05, 0.1) is 17.6 Å². The number of ether oxygens (including phenoxy) is 1. The summed E-state index contributed by atoms with van der Waals surface area (Å²) in [6, 6.07) is 11.8. The fourth-order valence-corrected chi connectivity index (χ4v) is 4.46. The summed E-state index contributed by atoms with van der Waals surface area (Å²) in [6.45, 7) is 4.40. The molecule has 3 rings (SSSR count). The van der Waals surface area contributed by atoms with Crippen LogP contribution in [0.1, 0.15) is 16.7 Å². The highest BCUT2D eigenvalue weighted by atomic mass is 32.2. The van der Waals surface area contributed by atoms with Gasteiger partial charge in [-0.15, -0.1) is 0 Å². The molecule has 0 bridgehead atoms. The van der Waals surface area contributed by atoms with Gasteiger partial charge >= 0.3 is 0 Å². The average Bonchev–Trinajstić information content (AvgIpc) is 2.49. The van der Waals surface area contributed by atoms with Crippen LogP contribution in [0.2, 0.25) is 0 Å². The van der Waals surface area contributed by atoms with Crippen LogP contribution in [0.4, 0.5) is 4.39 Å². The van der Waals surface area contributed by atoms with Gasteiger partial charge in [0.25, 0.3) is 0 Å². The normalized spacial score (nSPS) is 16.1. The Morgan fingerprint density at radius 2 is 1.88 bits per heavy atom. The van der Waals surface area contributed by atoms with Gasteiger partial charge in [0.15, 0.2) is 0 Å². The molecule has 0 unspecified atom stereocenters. The van der Waals surface area contributed by atoms with Crippen LogP contribution in [-0.4, -0.2) is 31.9 Å². The third-order valence-corrected chi connectivity index (χ3v) is 6.18. The number of sulfonamides is 1. The zero-order valence-corrected chi connectivity index (χ0v) is 14.5. The van der Waals surface area contributed by atoms with Gasteiger partial charge in [-0.05, 0) is 37.1 Å². The number of hydrogen-bond donors (Lipinski definition) is 0. The maximum absolute atomic E-state index is 13.5. The summed E-state index contributed by atoms with van der Waals surface area (Å²) < 4.78 is 45.9. The molecular formula is C18H20FNO3S. The van der Waals surface area contributed by atoms with Crippen molar-refractivity contribution in [1.29, 1.82) is 0 Å². The summed E-state index contributed by atoms with van der Waals surface area (Å²) in [5, 5.41) is 0. The van der Waals surface area contributed by atoms with Crippen molar-refractivity contribution in [2.24, 2.45) is 0 Å². The molecule has 0 amide bonds. The maximum atomic E-state index is 13.5. The molecule has 1 heterocycles. The fraction of sp³-hybridized carbons (Fsp3) is 0.333. The predicted octanol–water partition coefficient (Wildman–Crippen LogP) is 3.03. The molecule has 4 nitrogen and oxygen atoms in total. The minimum Gasteiger partial charge on any atom is -0.371 e. The molecule has 128 valence electrons. The molecule has 0 aromatic heterocycles. The van der Waals surface area contributed by atoms with Gasteiger partial charge in [-0.2, -0.15) is 4.31 Å². The number of rotatable bonds is 5. The average molecular weight is 349 g/mol. The van der Waals surface area contributed by atoms with Crippen molar-refractivity contribution < 1.29 is 17.5 Å². The van der Waals surface area contributed by atoms with E-state index in [0.717, 1.165) is 11.1 Å². The number of hydrogen-bond acceptors (Lipinski definition) is 3. The molecule has 0 N–H and O–H groups in total. The van der Waals surface area contributed by atoms with Crippen LogP contribution in [0, 0.1) is 19.7 Å². The fourth-order valence-electron chi connectivity index (χ4n) is 2.65. The summed E-state index contributed by atoms with van der Waals surface area (Å²) in [5.74, 6) is -0.309. The molecule has 1 aliphatic rings. The SMILES string of the molecule is Cc1ccc(C)c(S(=O)(=O)N2CC(OCc3ccccc3F)C2)c1. The van der Waals surface area contributed by atoms with Crippen LogP contribution < -0.4 is 0 Å². The topological polar surface area (TPSA) is 46.6 Å². The Kier molecular flexibility index (Phi) is 4.71. The lowest BCUT2D eigenvalue weighted by molar-refractivity contribution is -0.0304.